The number of nitrogens with one attached hydrogen (secondary N) is 1. The summed E-state index contributed by atoms with van der Waals surface area (Å²) in [4.78, 5) is 17.5. The van der Waals surface area contributed by atoms with E-state index in [0.717, 1.165) is 16.3 Å². The van der Waals surface area contributed by atoms with E-state index < -0.39 is 16.1 Å². The lowest BCUT2D eigenvalue weighted by Gasteiger charge is -2.23. The molecule has 1 amide bonds. The van der Waals surface area contributed by atoms with E-state index in [2.05, 4.69) is 10.3 Å². The summed E-state index contributed by atoms with van der Waals surface area (Å²) in [5, 5.41) is 6.15. The fraction of sp³-hybridized carbons (Fsp3) is 0.273. The van der Waals surface area contributed by atoms with E-state index in [9.17, 15) is 13.2 Å². The van der Waals surface area contributed by atoms with Crippen molar-refractivity contribution in [3.63, 3.8) is 0 Å². The van der Waals surface area contributed by atoms with E-state index in [-0.39, 0.29) is 10.8 Å². The van der Waals surface area contributed by atoms with Crippen molar-refractivity contribution in [3.8, 4) is 10.6 Å². The number of benzene rings is 2. The van der Waals surface area contributed by atoms with Gasteiger partial charge in [0.25, 0.3) is 0 Å². The quantitative estimate of drug-likeness (QED) is 0.560. The predicted octanol–water partition coefficient (Wildman–Crippen LogP) is 3.98. The maximum atomic E-state index is 13.0. The van der Waals surface area contributed by atoms with Crippen LogP contribution in [0, 0.1) is 0 Å². The molecule has 1 aliphatic heterocycles. The minimum atomic E-state index is -3.78. The fourth-order valence-electron chi connectivity index (χ4n) is 3.62. The van der Waals surface area contributed by atoms with Gasteiger partial charge in [-0.25, -0.2) is 13.4 Å². The van der Waals surface area contributed by atoms with Gasteiger partial charge in [-0.05, 0) is 31.0 Å². The van der Waals surface area contributed by atoms with Gasteiger partial charge in [0.2, 0.25) is 15.9 Å². The lowest BCUT2D eigenvalue weighted by molar-refractivity contribution is -0.124. The highest BCUT2D eigenvalue weighted by molar-refractivity contribution is 7.89. The van der Waals surface area contributed by atoms with Crippen LogP contribution in [-0.2, 0) is 21.2 Å². The summed E-state index contributed by atoms with van der Waals surface area (Å²) in [6.07, 6.45) is 1.73. The Morgan fingerprint density at radius 3 is 2.77 bits per heavy atom. The van der Waals surface area contributed by atoms with Crippen molar-refractivity contribution in [2.24, 2.45) is 0 Å². The second kappa shape index (κ2) is 9.48. The molecule has 1 fully saturated rings. The molecule has 9 heteroatoms. The Morgan fingerprint density at radius 1 is 1.19 bits per heavy atom. The molecule has 1 aliphatic rings. The second-order valence-electron chi connectivity index (χ2n) is 7.28. The lowest BCUT2D eigenvalue weighted by Crippen LogP contribution is -2.46. The molecule has 0 unspecified atom stereocenters. The minimum absolute atomic E-state index is 0.107. The highest BCUT2D eigenvalue weighted by Gasteiger charge is 2.39. The number of hydrogen-bond donors (Lipinski definition) is 1. The monoisotopic (exact) mass is 475 g/mol. The lowest BCUT2D eigenvalue weighted by atomic mass is 10.2. The molecule has 6 nitrogen and oxygen atoms in total. The Balaban J connectivity index is 1.37. The Kier molecular flexibility index (Phi) is 6.71. The first kappa shape index (κ1) is 22.0. The van der Waals surface area contributed by atoms with Crippen molar-refractivity contribution in [3.05, 3.63) is 70.7 Å². The van der Waals surface area contributed by atoms with E-state index in [1.807, 2.05) is 35.7 Å². The first-order chi connectivity index (χ1) is 14.9. The van der Waals surface area contributed by atoms with E-state index in [1.165, 1.54) is 16.4 Å². The zero-order chi connectivity index (χ0) is 21.8. The first-order valence-corrected chi connectivity index (χ1v) is 12.7. The van der Waals surface area contributed by atoms with Gasteiger partial charge in [-0.3, -0.25) is 4.79 Å². The Hall–Kier alpha value is -2.26. The number of aromatic nitrogens is 1. The zero-order valence-corrected chi connectivity index (χ0v) is 19.1. The molecule has 0 radical (unpaired) electrons. The third-order valence-corrected chi connectivity index (χ3v) is 8.24. The fourth-order valence-corrected chi connectivity index (χ4v) is 6.44. The van der Waals surface area contributed by atoms with Gasteiger partial charge >= 0.3 is 0 Å². The molecule has 4 rings (SSSR count). The smallest absolute Gasteiger partial charge is 0.243 e. The van der Waals surface area contributed by atoms with Crippen LogP contribution in [0.25, 0.3) is 10.6 Å². The summed E-state index contributed by atoms with van der Waals surface area (Å²) >= 11 is 7.52. The number of amides is 1. The Labute approximate surface area is 190 Å². The molecule has 0 aliphatic carbocycles. The van der Waals surface area contributed by atoms with Gasteiger partial charge in [0, 0.05) is 35.5 Å². The number of thiazole rings is 1. The summed E-state index contributed by atoms with van der Waals surface area (Å²) in [6, 6.07) is 15.4. The van der Waals surface area contributed by atoms with E-state index >= 15 is 0 Å². The molecular formula is C22H22ClN3O3S2. The van der Waals surface area contributed by atoms with Crippen LogP contribution in [-0.4, -0.2) is 42.7 Å². The molecule has 2 aromatic carbocycles. The number of halogens is 1. The van der Waals surface area contributed by atoms with Gasteiger partial charge in [0.05, 0.1) is 10.6 Å². The first-order valence-electron chi connectivity index (χ1n) is 10.00. The standard InChI is InChI=1S/C22H22ClN3O3S2/c23-17-8-4-9-19(14-17)31(28,29)26-13-5-10-20(26)21(27)24-12-11-18-15-30-22(25-18)16-6-2-1-3-7-16/h1-4,6-9,14-15,20H,5,10-13H2,(H,24,27)/t20-/m1/s1. The predicted molar refractivity (Wildman–Crippen MR) is 123 cm³/mol. The SMILES string of the molecule is O=C(NCCc1csc(-c2ccccc2)n1)[C@H]1CCCN1S(=O)(=O)c1cccc(Cl)c1. The third-order valence-electron chi connectivity index (χ3n) is 5.16. The van der Waals surface area contributed by atoms with Crippen molar-refractivity contribution >= 4 is 38.9 Å². The van der Waals surface area contributed by atoms with Crippen LogP contribution in [0.3, 0.4) is 0 Å². The molecule has 3 aromatic rings. The summed E-state index contributed by atoms with van der Waals surface area (Å²) in [6.45, 7) is 0.720. The highest BCUT2D eigenvalue weighted by Crippen LogP contribution is 2.28. The molecule has 1 aromatic heterocycles. The van der Waals surface area contributed by atoms with Crippen molar-refractivity contribution in [2.75, 3.05) is 13.1 Å². The van der Waals surface area contributed by atoms with Crippen molar-refractivity contribution in [1.82, 2.24) is 14.6 Å². The number of hydrogen-bond acceptors (Lipinski definition) is 5. The van der Waals surface area contributed by atoms with Gasteiger partial charge in [-0.15, -0.1) is 11.3 Å². The van der Waals surface area contributed by atoms with Gasteiger partial charge in [-0.1, -0.05) is 48.0 Å². The normalized spacial score (nSPS) is 17.0. The van der Waals surface area contributed by atoms with Crippen molar-refractivity contribution in [2.45, 2.75) is 30.2 Å². The van der Waals surface area contributed by atoms with Gasteiger partial charge < -0.3 is 5.32 Å². The van der Waals surface area contributed by atoms with E-state index in [0.29, 0.717) is 37.4 Å². The number of sulfonamides is 1. The molecule has 0 spiro atoms. The third kappa shape index (κ3) is 4.98. The molecule has 1 N–H and O–H groups in total. The van der Waals surface area contributed by atoms with Gasteiger partial charge in [-0.2, -0.15) is 4.31 Å². The van der Waals surface area contributed by atoms with Crippen LogP contribution in [0.4, 0.5) is 0 Å². The van der Waals surface area contributed by atoms with Crippen LogP contribution in [0.5, 0.6) is 0 Å². The van der Waals surface area contributed by atoms with Crippen molar-refractivity contribution < 1.29 is 13.2 Å². The number of carbonyl (C=O) groups is 1. The van der Waals surface area contributed by atoms with Crippen LogP contribution >= 0.6 is 22.9 Å². The van der Waals surface area contributed by atoms with Crippen LogP contribution < -0.4 is 5.32 Å². The van der Waals surface area contributed by atoms with Crippen molar-refractivity contribution in [1.29, 1.82) is 0 Å². The summed E-state index contributed by atoms with van der Waals surface area (Å²) in [5.41, 5.74) is 1.97. The topological polar surface area (TPSA) is 79.4 Å². The molecular weight excluding hydrogens is 454 g/mol. The molecule has 1 saturated heterocycles. The second-order valence-corrected chi connectivity index (χ2v) is 10.5. The summed E-state index contributed by atoms with van der Waals surface area (Å²) < 4.78 is 27.3. The van der Waals surface area contributed by atoms with Crippen LogP contribution in [0.2, 0.25) is 5.02 Å². The van der Waals surface area contributed by atoms with Gasteiger partial charge in [0.1, 0.15) is 11.0 Å². The summed E-state index contributed by atoms with van der Waals surface area (Å²) in [5.74, 6) is -0.276. The Bertz CT molecular complexity index is 1170. The largest absolute Gasteiger partial charge is 0.354 e. The average molecular weight is 476 g/mol. The van der Waals surface area contributed by atoms with E-state index in [1.54, 1.807) is 23.5 Å². The number of carbonyl (C=O) groups excluding carboxylic acids is 1. The van der Waals surface area contributed by atoms with Gasteiger partial charge in [0.15, 0.2) is 0 Å². The van der Waals surface area contributed by atoms with E-state index in [4.69, 9.17) is 11.6 Å². The highest BCUT2D eigenvalue weighted by atomic mass is 35.5. The Morgan fingerprint density at radius 2 is 2.00 bits per heavy atom. The molecule has 1 atom stereocenters. The molecule has 2 heterocycles. The summed E-state index contributed by atoms with van der Waals surface area (Å²) in [7, 11) is -3.78. The van der Waals surface area contributed by atoms with Crippen LogP contribution in [0.1, 0.15) is 18.5 Å². The molecule has 0 saturated carbocycles. The maximum absolute atomic E-state index is 13.0. The minimum Gasteiger partial charge on any atom is -0.354 e. The molecule has 162 valence electrons. The number of rotatable bonds is 7. The van der Waals surface area contributed by atoms with Crippen LogP contribution in [0.15, 0.2) is 64.9 Å². The average Bonchev–Trinajstić information content (AvgIpc) is 3.45. The molecule has 0 bridgehead atoms. The number of nitrogens with zero attached hydrogens (tertiary/aromatic N) is 2. The maximum Gasteiger partial charge on any atom is 0.243 e. The zero-order valence-electron chi connectivity index (χ0n) is 16.7. The molecule has 31 heavy (non-hydrogen) atoms.